The zero-order chi connectivity index (χ0) is 17.9. The minimum atomic E-state index is -0.145. The first kappa shape index (κ1) is 16.2. The van der Waals surface area contributed by atoms with Crippen LogP contribution in [0, 0.1) is 0 Å². The number of nitrogens with one attached hydrogen (secondary N) is 1. The summed E-state index contributed by atoms with van der Waals surface area (Å²) in [6.45, 7) is 2.99. The fourth-order valence-corrected chi connectivity index (χ4v) is 2.89. The maximum Gasteiger partial charge on any atom is 0.251 e. The van der Waals surface area contributed by atoms with Gasteiger partial charge in [0.25, 0.3) is 5.91 Å². The highest BCUT2D eigenvalue weighted by Crippen LogP contribution is 2.30. The summed E-state index contributed by atoms with van der Waals surface area (Å²) in [5, 5.41) is 3.02. The molecule has 0 fully saturated rings. The molecule has 6 nitrogen and oxygen atoms in total. The van der Waals surface area contributed by atoms with E-state index in [9.17, 15) is 4.79 Å². The van der Waals surface area contributed by atoms with E-state index in [0.29, 0.717) is 30.3 Å². The van der Waals surface area contributed by atoms with Crippen molar-refractivity contribution in [3.05, 3.63) is 72.3 Å². The number of fused-ring (bicyclic) bond motifs is 1. The van der Waals surface area contributed by atoms with Crippen molar-refractivity contribution in [2.75, 3.05) is 13.2 Å². The highest BCUT2D eigenvalue weighted by atomic mass is 16.6. The van der Waals surface area contributed by atoms with Gasteiger partial charge >= 0.3 is 0 Å². The van der Waals surface area contributed by atoms with Crippen LogP contribution in [0.1, 0.15) is 28.9 Å². The van der Waals surface area contributed by atoms with Crippen LogP contribution in [0.2, 0.25) is 0 Å². The first-order valence-electron chi connectivity index (χ1n) is 8.49. The molecule has 3 aromatic rings. The van der Waals surface area contributed by atoms with Crippen LogP contribution in [-0.4, -0.2) is 28.7 Å². The quantitative estimate of drug-likeness (QED) is 0.786. The molecule has 1 amide bonds. The van der Waals surface area contributed by atoms with E-state index in [2.05, 4.69) is 10.3 Å². The summed E-state index contributed by atoms with van der Waals surface area (Å²) >= 11 is 0. The molecule has 0 bridgehead atoms. The van der Waals surface area contributed by atoms with Crippen molar-refractivity contribution >= 4 is 5.91 Å². The van der Waals surface area contributed by atoms with Crippen LogP contribution in [0.3, 0.4) is 0 Å². The van der Waals surface area contributed by atoms with Crippen molar-refractivity contribution in [1.82, 2.24) is 14.9 Å². The zero-order valence-electron chi connectivity index (χ0n) is 14.4. The monoisotopic (exact) mass is 349 g/mol. The van der Waals surface area contributed by atoms with Crippen molar-refractivity contribution in [1.29, 1.82) is 0 Å². The number of ether oxygens (including phenoxy) is 2. The molecule has 1 N–H and O–H groups in total. The van der Waals surface area contributed by atoms with E-state index < -0.39 is 0 Å². The van der Waals surface area contributed by atoms with Crippen LogP contribution in [0.15, 0.2) is 61.2 Å². The van der Waals surface area contributed by atoms with Gasteiger partial charge in [-0.1, -0.05) is 12.1 Å². The van der Waals surface area contributed by atoms with Gasteiger partial charge in [-0.15, -0.1) is 0 Å². The van der Waals surface area contributed by atoms with Crippen LogP contribution < -0.4 is 14.8 Å². The van der Waals surface area contributed by atoms with E-state index in [4.69, 9.17) is 9.47 Å². The smallest absolute Gasteiger partial charge is 0.251 e. The molecule has 0 spiro atoms. The van der Waals surface area contributed by atoms with Crippen LogP contribution >= 0.6 is 0 Å². The Morgan fingerprint density at radius 3 is 2.62 bits per heavy atom. The van der Waals surface area contributed by atoms with Crippen molar-refractivity contribution in [2.45, 2.75) is 13.0 Å². The van der Waals surface area contributed by atoms with Gasteiger partial charge in [0.15, 0.2) is 11.5 Å². The molecule has 26 heavy (non-hydrogen) atoms. The van der Waals surface area contributed by atoms with E-state index in [1.54, 1.807) is 30.7 Å². The Hall–Kier alpha value is -3.28. The highest BCUT2D eigenvalue weighted by molar-refractivity contribution is 5.95. The van der Waals surface area contributed by atoms with E-state index in [1.807, 2.05) is 42.0 Å². The second-order valence-corrected chi connectivity index (χ2v) is 6.12. The third kappa shape index (κ3) is 3.26. The molecule has 6 heteroatoms. The third-order valence-electron chi connectivity index (χ3n) is 4.35. The summed E-state index contributed by atoms with van der Waals surface area (Å²) in [6.07, 6.45) is 5.38. The predicted molar refractivity (Wildman–Crippen MR) is 96.9 cm³/mol. The van der Waals surface area contributed by atoms with Crippen molar-refractivity contribution in [3.63, 3.8) is 0 Å². The Morgan fingerprint density at radius 2 is 1.88 bits per heavy atom. The molecule has 0 radical (unpaired) electrons. The predicted octanol–water partition coefficient (Wildman–Crippen LogP) is 3.13. The number of carbonyl (C=O) groups is 1. The number of hydrogen-bond acceptors (Lipinski definition) is 4. The fourth-order valence-electron chi connectivity index (χ4n) is 2.89. The molecule has 1 aliphatic rings. The first-order chi connectivity index (χ1) is 12.7. The molecule has 0 aliphatic carbocycles. The van der Waals surface area contributed by atoms with Gasteiger partial charge in [-0.2, -0.15) is 0 Å². The third-order valence-corrected chi connectivity index (χ3v) is 4.35. The van der Waals surface area contributed by atoms with Gasteiger partial charge in [0.2, 0.25) is 0 Å². The number of benzene rings is 2. The SMILES string of the molecule is C[C@@H](NC(=O)c1ccc2c(c1)OCCO2)c1ccc(-n2ccnc2)cc1. The average Bonchev–Trinajstić information content (AvgIpc) is 3.22. The zero-order valence-corrected chi connectivity index (χ0v) is 14.4. The second kappa shape index (κ2) is 6.92. The molecule has 4 rings (SSSR count). The average molecular weight is 349 g/mol. The van der Waals surface area contributed by atoms with Gasteiger partial charge in [0.05, 0.1) is 12.4 Å². The van der Waals surface area contributed by atoms with E-state index in [1.165, 1.54) is 0 Å². The van der Waals surface area contributed by atoms with Crippen molar-refractivity contribution in [3.8, 4) is 17.2 Å². The lowest BCUT2D eigenvalue weighted by Crippen LogP contribution is -2.27. The molecular weight excluding hydrogens is 330 g/mol. The Kier molecular flexibility index (Phi) is 4.31. The number of rotatable bonds is 4. The van der Waals surface area contributed by atoms with E-state index in [-0.39, 0.29) is 11.9 Å². The topological polar surface area (TPSA) is 65.4 Å². The van der Waals surface area contributed by atoms with Crippen LogP contribution in [-0.2, 0) is 0 Å². The van der Waals surface area contributed by atoms with Gasteiger partial charge in [0.1, 0.15) is 13.2 Å². The number of amides is 1. The molecule has 0 saturated heterocycles. The Labute approximate surface area is 151 Å². The number of nitrogens with zero attached hydrogens (tertiary/aromatic N) is 2. The highest BCUT2D eigenvalue weighted by Gasteiger charge is 2.16. The largest absolute Gasteiger partial charge is 0.486 e. The lowest BCUT2D eigenvalue weighted by atomic mass is 10.1. The maximum absolute atomic E-state index is 12.5. The van der Waals surface area contributed by atoms with Gasteiger partial charge in [-0.05, 0) is 42.8 Å². The molecule has 2 heterocycles. The summed E-state index contributed by atoms with van der Waals surface area (Å²) in [4.78, 5) is 16.6. The molecular formula is C20H19N3O3. The molecule has 1 atom stereocenters. The summed E-state index contributed by atoms with van der Waals surface area (Å²) in [5.74, 6) is 1.14. The van der Waals surface area contributed by atoms with E-state index >= 15 is 0 Å². The second-order valence-electron chi connectivity index (χ2n) is 6.12. The van der Waals surface area contributed by atoms with Crippen LogP contribution in [0.4, 0.5) is 0 Å². The Balaban J connectivity index is 1.45. The summed E-state index contributed by atoms with van der Waals surface area (Å²) in [7, 11) is 0. The lowest BCUT2D eigenvalue weighted by molar-refractivity contribution is 0.0938. The standard InChI is InChI=1S/C20H19N3O3/c1-14(15-2-5-17(6-3-15)23-9-8-21-13-23)22-20(24)16-4-7-18-19(12-16)26-11-10-25-18/h2-9,12-14H,10-11H2,1H3,(H,22,24)/t14-/m1/s1. The fraction of sp³-hybridized carbons (Fsp3) is 0.200. The van der Waals surface area contributed by atoms with Gasteiger partial charge in [-0.3, -0.25) is 4.79 Å². The normalized spacial score (nSPS) is 13.9. The summed E-state index contributed by atoms with van der Waals surface area (Å²) in [6, 6.07) is 13.1. The van der Waals surface area contributed by atoms with Gasteiger partial charge in [0, 0.05) is 23.6 Å². The van der Waals surface area contributed by atoms with Crippen molar-refractivity contribution < 1.29 is 14.3 Å². The molecule has 2 aromatic carbocycles. The number of hydrogen-bond donors (Lipinski definition) is 1. The summed E-state index contributed by atoms with van der Waals surface area (Å²) < 4.78 is 13.0. The Bertz CT molecular complexity index is 905. The number of aromatic nitrogens is 2. The summed E-state index contributed by atoms with van der Waals surface area (Å²) in [5.41, 5.74) is 2.60. The van der Waals surface area contributed by atoms with E-state index in [0.717, 1.165) is 11.3 Å². The number of carbonyl (C=O) groups excluding carboxylic acids is 1. The lowest BCUT2D eigenvalue weighted by Gasteiger charge is -2.19. The van der Waals surface area contributed by atoms with Crippen molar-refractivity contribution in [2.24, 2.45) is 0 Å². The van der Waals surface area contributed by atoms with Gasteiger partial charge in [-0.25, -0.2) is 4.98 Å². The van der Waals surface area contributed by atoms with Crippen LogP contribution in [0.25, 0.3) is 5.69 Å². The molecule has 1 aliphatic heterocycles. The number of imidazole rings is 1. The molecule has 0 unspecified atom stereocenters. The first-order valence-corrected chi connectivity index (χ1v) is 8.49. The Morgan fingerprint density at radius 1 is 1.12 bits per heavy atom. The molecule has 1 aromatic heterocycles. The van der Waals surface area contributed by atoms with Crippen LogP contribution in [0.5, 0.6) is 11.5 Å². The molecule has 0 saturated carbocycles. The minimum absolute atomic E-state index is 0.118. The molecule has 132 valence electrons. The van der Waals surface area contributed by atoms with Gasteiger partial charge < -0.3 is 19.4 Å². The maximum atomic E-state index is 12.5. The minimum Gasteiger partial charge on any atom is -0.486 e.